The van der Waals surface area contributed by atoms with Gasteiger partial charge in [-0.05, 0) is 62.6 Å². The molecule has 2 aromatic carbocycles. The van der Waals surface area contributed by atoms with E-state index < -0.39 is 21.9 Å². The van der Waals surface area contributed by atoms with E-state index in [9.17, 15) is 18.0 Å². The van der Waals surface area contributed by atoms with Crippen LogP contribution in [0.25, 0.3) is 0 Å². The second-order valence-electron chi connectivity index (χ2n) is 6.96. The highest BCUT2D eigenvalue weighted by molar-refractivity contribution is 7.89. The minimum Gasteiger partial charge on any atom is -0.462 e. The van der Waals surface area contributed by atoms with Gasteiger partial charge in [0.05, 0.1) is 27.7 Å². The van der Waals surface area contributed by atoms with Crippen LogP contribution < -0.4 is 5.32 Å². The molecular formula is C21H23ClN2O5S. The average molecular weight is 451 g/mol. The zero-order valence-electron chi connectivity index (χ0n) is 16.8. The second kappa shape index (κ2) is 9.16. The van der Waals surface area contributed by atoms with E-state index in [1.165, 1.54) is 28.6 Å². The quantitative estimate of drug-likeness (QED) is 0.674. The van der Waals surface area contributed by atoms with Crippen LogP contribution in [0.15, 0.2) is 41.3 Å². The van der Waals surface area contributed by atoms with Crippen LogP contribution in [-0.4, -0.2) is 44.3 Å². The number of hydrogen-bond acceptors (Lipinski definition) is 5. The smallest absolute Gasteiger partial charge is 0.338 e. The molecule has 0 aromatic heterocycles. The van der Waals surface area contributed by atoms with Gasteiger partial charge in [0, 0.05) is 18.8 Å². The molecule has 1 heterocycles. The molecule has 0 bridgehead atoms. The van der Waals surface area contributed by atoms with E-state index >= 15 is 0 Å². The molecule has 0 radical (unpaired) electrons. The van der Waals surface area contributed by atoms with Crippen LogP contribution in [-0.2, 0) is 14.8 Å². The monoisotopic (exact) mass is 450 g/mol. The third kappa shape index (κ3) is 4.66. The van der Waals surface area contributed by atoms with Crippen molar-refractivity contribution in [2.75, 3.05) is 25.0 Å². The Balaban J connectivity index is 1.89. The number of halogens is 1. The van der Waals surface area contributed by atoms with E-state index in [1.807, 2.05) is 0 Å². The Bertz CT molecular complexity index is 1080. The first-order chi connectivity index (χ1) is 14.2. The topological polar surface area (TPSA) is 92.8 Å². The molecule has 30 heavy (non-hydrogen) atoms. The zero-order valence-corrected chi connectivity index (χ0v) is 18.3. The highest BCUT2D eigenvalue weighted by Gasteiger charge is 2.28. The van der Waals surface area contributed by atoms with Crippen LogP contribution >= 0.6 is 11.6 Å². The molecule has 2 aromatic rings. The first-order valence-corrected chi connectivity index (χ1v) is 11.4. The minimum absolute atomic E-state index is 0.0240. The molecule has 1 amide bonds. The van der Waals surface area contributed by atoms with Crippen molar-refractivity contribution in [3.05, 3.63) is 58.1 Å². The Kier molecular flexibility index (Phi) is 6.80. The third-order valence-corrected chi connectivity index (χ3v) is 7.11. The maximum atomic E-state index is 12.9. The fraction of sp³-hybridized carbons (Fsp3) is 0.333. The van der Waals surface area contributed by atoms with Crippen molar-refractivity contribution < 1.29 is 22.7 Å². The van der Waals surface area contributed by atoms with E-state index in [4.69, 9.17) is 16.3 Å². The third-order valence-electron chi connectivity index (χ3n) is 4.88. The van der Waals surface area contributed by atoms with Crippen molar-refractivity contribution in [2.24, 2.45) is 0 Å². The molecule has 1 N–H and O–H groups in total. The van der Waals surface area contributed by atoms with Crippen LogP contribution in [0.2, 0.25) is 5.02 Å². The van der Waals surface area contributed by atoms with Crippen LogP contribution in [0, 0.1) is 6.92 Å². The van der Waals surface area contributed by atoms with Crippen molar-refractivity contribution in [3.8, 4) is 0 Å². The number of rotatable bonds is 6. The summed E-state index contributed by atoms with van der Waals surface area (Å²) < 4.78 is 32.0. The average Bonchev–Trinajstić information content (AvgIpc) is 3.25. The number of carbonyl (C=O) groups is 2. The molecule has 160 valence electrons. The van der Waals surface area contributed by atoms with Gasteiger partial charge in [-0.15, -0.1) is 0 Å². The van der Waals surface area contributed by atoms with E-state index in [0.717, 1.165) is 18.4 Å². The van der Waals surface area contributed by atoms with Crippen molar-refractivity contribution >= 4 is 39.2 Å². The molecule has 0 unspecified atom stereocenters. The largest absolute Gasteiger partial charge is 0.462 e. The second-order valence-corrected chi connectivity index (χ2v) is 9.30. The Labute approximate surface area is 181 Å². The van der Waals surface area contributed by atoms with E-state index in [-0.39, 0.29) is 22.1 Å². The maximum absolute atomic E-state index is 12.9. The standard InChI is InChI=1S/C21H23ClN2O5S/c1-3-29-21(26)15-7-6-14(2)19(12-15)23-20(25)17-13-16(8-9-18(17)22)30(27,28)24-10-4-5-11-24/h6-9,12-13H,3-5,10-11H2,1-2H3,(H,23,25). The lowest BCUT2D eigenvalue weighted by Crippen LogP contribution is -2.28. The Morgan fingerprint density at radius 2 is 1.83 bits per heavy atom. The Morgan fingerprint density at radius 3 is 2.50 bits per heavy atom. The number of benzene rings is 2. The Hall–Kier alpha value is -2.42. The number of ether oxygens (including phenoxy) is 1. The van der Waals surface area contributed by atoms with Gasteiger partial charge >= 0.3 is 5.97 Å². The first kappa shape index (κ1) is 22.3. The summed E-state index contributed by atoms with van der Waals surface area (Å²) in [6, 6.07) is 8.91. The van der Waals surface area contributed by atoms with Gasteiger partial charge in [0.15, 0.2) is 0 Å². The van der Waals surface area contributed by atoms with Crippen LogP contribution in [0.4, 0.5) is 5.69 Å². The summed E-state index contributed by atoms with van der Waals surface area (Å²) >= 11 is 6.19. The first-order valence-electron chi connectivity index (χ1n) is 9.63. The summed E-state index contributed by atoms with van der Waals surface area (Å²) in [6.45, 7) is 4.65. The molecule has 0 aliphatic carbocycles. The molecule has 1 aliphatic heterocycles. The number of amides is 1. The van der Waals surface area contributed by atoms with Crippen LogP contribution in [0.5, 0.6) is 0 Å². The lowest BCUT2D eigenvalue weighted by atomic mass is 10.1. The molecule has 3 rings (SSSR count). The summed E-state index contributed by atoms with van der Waals surface area (Å²) in [5.41, 5.74) is 1.48. The number of nitrogens with zero attached hydrogens (tertiary/aromatic N) is 1. The number of anilines is 1. The van der Waals surface area contributed by atoms with E-state index in [0.29, 0.717) is 24.3 Å². The fourth-order valence-electron chi connectivity index (χ4n) is 3.20. The number of esters is 1. The van der Waals surface area contributed by atoms with Crippen molar-refractivity contribution in [2.45, 2.75) is 31.6 Å². The molecule has 7 nitrogen and oxygen atoms in total. The van der Waals surface area contributed by atoms with Crippen LogP contribution in [0.3, 0.4) is 0 Å². The lowest BCUT2D eigenvalue weighted by molar-refractivity contribution is 0.0526. The zero-order chi connectivity index (χ0) is 21.9. The highest BCUT2D eigenvalue weighted by atomic mass is 35.5. The molecule has 1 fully saturated rings. The van der Waals surface area contributed by atoms with E-state index in [2.05, 4.69) is 5.32 Å². The van der Waals surface area contributed by atoms with Gasteiger partial charge in [-0.1, -0.05) is 17.7 Å². The molecule has 0 atom stereocenters. The molecule has 0 spiro atoms. The van der Waals surface area contributed by atoms with Gasteiger partial charge < -0.3 is 10.1 Å². The lowest BCUT2D eigenvalue weighted by Gasteiger charge is -2.17. The number of nitrogens with one attached hydrogen (secondary N) is 1. The van der Waals surface area contributed by atoms with Gasteiger partial charge in [-0.2, -0.15) is 4.31 Å². The molecule has 9 heteroatoms. The van der Waals surface area contributed by atoms with Crippen molar-refractivity contribution in [1.29, 1.82) is 0 Å². The van der Waals surface area contributed by atoms with Crippen molar-refractivity contribution in [3.63, 3.8) is 0 Å². The van der Waals surface area contributed by atoms with Crippen LogP contribution in [0.1, 0.15) is 46.0 Å². The fourth-order valence-corrected chi connectivity index (χ4v) is 4.95. The summed E-state index contributed by atoms with van der Waals surface area (Å²) in [4.78, 5) is 24.9. The van der Waals surface area contributed by atoms with Crippen molar-refractivity contribution in [1.82, 2.24) is 4.31 Å². The summed E-state index contributed by atoms with van der Waals surface area (Å²) in [5.74, 6) is -1.06. The summed E-state index contributed by atoms with van der Waals surface area (Å²) in [7, 11) is -3.68. The predicted octanol–water partition coefficient (Wildman–Crippen LogP) is 3.86. The van der Waals surface area contributed by atoms with Gasteiger partial charge in [0.25, 0.3) is 5.91 Å². The number of sulfonamides is 1. The van der Waals surface area contributed by atoms with Gasteiger partial charge in [-0.25, -0.2) is 13.2 Å². The molecular weight excluding hydrogens is 428 g/mol. The molecule has 1 aliphatic rings. The van der Waals surface area contributed by atoms with Gasteiger partial charge in [-0.3, -0.25) is 4.79 Å². The summed E-state index contributed by atoms with van der Waals surface area (Å²) in [6.07, 6.45) is 1.63. The normalized spacial score (nSPS) is 14.5. The highest BCUT2D eigenvalue weighted by Crippen LogP contribution is 2.27. The van der Waals surface area contributed by atoms with Gasteiger partial charge in [0.2, 0.25) is 10.0 Å². The predicted molar refractivity (Wildman–Crippen MR) is 115 cm³/mol. The van der Waals surface area contributed by atoms with Gasteiger partial charge in [0.1, 0.15) is 0 Å². The number of hydrogen-bond donors (Lipinski definition) is 1. The minimum atomic E-state index is -3.68. The number of aryl methyl sites for hydroxylation is 1. The summed E-state index contributed by atoms with van der Waals surface area (Å²) in [5, 5.41) is 2.84. The Morgan fingerprint density at radius 1 is 1.13 bits per heavy atom. The number of carbonyl (C=O) groups excluding carboxylic acids is 2. The maximum Gasteiger partial charge on any atom is 0.338 e. The molecule has 1 saturated heterocycles. The SMILES string of the molecule is CCOC(=O)c1ccc(C)c(NC(=O)c2cc(S(=O)(=O)N3CCCC3)ccc2Cl)c1. The molecule has 0 saturated carbocycles. The van der Waals surface area contributed by atoms with E-state index in [1.54, 1.807) is 26.0 Å².